The first-order chi connectivity index (χ1) is 14.3. The molecule has 1 aliphatic heterocycles. The fourth-order valence-corrected chi connectivity index (χ4v) is 3.01. The molecule has 2 aromatic carbocycles. The number of alkyl halides is 3. The lowest BCUT2D eigenvalue weighted by Crippen LogP contribution is -2.40. The van der Waals surface area contributed by atoms with Gasteiger partial charge in [-0.2, -0.15) is 13.2 Å². The minimum Gasteiger partial charge on any atom is -0.494 e. The molecule has 0 radical (unpaired) electrons. The average Bonchev–Trinajstić information content (AvgIpc) is 2.73. The van der Waals surface area contributed by atoms with Crippen molar-refractivity contribution < 1.29 is 32.2 Å². The van der Waals surface area contributed by atoms with Crippen LogP contribution in [-0.2, 0) is 10.9 Å². The number of amides is 2. The van der Waals surface area contributed by atoms with Crippen molar-refractivity contribution in [2.24, 2.45) is 0 Å². The predicted molar refractivity (Wildman–Crippen MR) is 104 cm³/mol. The van der Waals surface area contributed by atoms with E-state index in [4.69, 9.17) is 9.47 Å². The largest absolute Gasteiger partial charge is 0.494 e. The third-order valence-corrected chi connectivity index (χ3v) is 4.49. The third kappa shape index (κ3) is 5.29. The van der Waals surface area contributed by atoms with E-state index in [9.17, 15) is 22.8 Å². The Morgan fingerprint density at radius 1 is 1.07 bits per heavy atom. The first-order valence-electron chi connectivity index (χ1n) is 9.41. The van der Waals surface area contributed by atoms with Crippen molar-refractivity contribution in [3.63, 3.8) is 0 Å². The zero-order valence-electron chi connectivity index (χ0n) is 16.3. The molecule has 1 saturated heterocycles. The molecule has 0 aromatic heterocycles. The first kappa shape index (κ1) is 21.6. The van der Waals surface area contributed by atoms with Crippen LogP contribution in [0.3, 0.4) is 0 Å². The summed E-state index contributed by atoms with van der Waals surface area (Å²) in [6, 6.07) is 9.06. The zero-order valence-corrected chi connectivity index (χ0v) is 16.3. The number of carbonyl (C=O) groups excluding carboxylic acids is 2. The topological polar surface area (TPSA) is 67.9 Å². The molecule has 2 aromatic rings. The van der Waals surface area contributed by atoms with Crippen LogP contribution in [0.4, 0.5) is 18.9 Å². The van der Waals surface area contributed by atoms with Gasteiger partial charge in [0.15, 0.2) is 0 Å². The Kier molecular flexibility index (Phi) is 6.61. The van der Waals surface area contributed by atoms with Crippen molar-refractivity contribution >= 4 is 17.5 Å². The third-order valence-electron chi connectivity index (χ3n) is 4.49. The van der Waals surface area contributed by atoms with Gasteiger partial charge < -0.3 is 19.7 Å². The second-order valence-electron chi connectivity index (χ2n) is 6.61. The number of hydrogen-bond donors (Lipinski definition) is 1. The summed E-state index contributed by atoms with van der Waals surface area (Å²) in [5.74, 6) is -0.561. The fourth-order valence-electron chi connectivity index (χ4n) is 3.01. The minimum absolute atomic E-state index is 0.111. The van der Waals surface area contributed by atoms with Crippen LogP contribution < -0.4 is 10.1 Å². The van der Waals surface area contributed by atoms with E-state index in [0.29, 0.717) is 38.7 Å². The Labute approximate surface area is 171 Å². The summed E-state index contributed by atoms with van der Waals surface area (Å²) in [6.45, 7) is 3.53. The number of rotatable bonds is 5. The highest BCUT2D eigenvalue weighted by Gasteiger charge is 2.32. The lowest BCUT2D eigenvalue weighted by atomic mass is 10.1. The monoisotopic (exact) mass is 422 g/mol. The second-order valence-corrected chi connectivity index (χ2v) is 6.61. The number of nitrogens with one attached hydrogen (secondary N) is 1. The number of morpholine rings is 1. The second kappa shape index (κ2) is 9.17. The van der Waals surface area contributed by atoms with Crippen LogP contribution >= 0.6 is 0 Å². The van der Waals surface area contributed by atoms with E-state index in [-0.39, 0.29) is 16.8 Å². The van der Waals surface area contributed by atoms with Crippen molar-refractivity contribution in [3.05, 3.63) is 59.2 Å². The molecule has 9 heteroatoms. The van der Waals surface area contributed by atoms with Gasteiger partial charge in [0.2, 0.25) is 0 Å². The Bertz CT molecular complexity index is 907. The van der Waals surface area contributed by atoms with Crippen LogP contribution in [0.25, 0.3) is 0 Å². The quantitative estimate of drug-likeness (QED) is 0.795. The van der Waals surface area contributed by atoms with Gasteiger partial charge in [0, 0.05) is 29.9 Å². The van der Waals surface area contributed by atoms with Gasteiger partial charge in [-0.05, 0) is 49.4 Å². The average molecular weight is 422 g/mol. The van der Waals surface area contributed by atoms with Gasteiger partial charge in [-0.15, -0.1) is 0 Å². The molecule has 0 spiro atoms. The van der Waals surface area contributed by atoms with Crippen LogP contribution in [0, 0.1) is 0 Å². The van der Waals surface area contributed by atoms with E-state index in [0.717, 1.165) is 12.1 Å². The van der Waals surface area contributed by atoms with Gasteiger partial charge in [-0.25, -0.2) is 0 Å². The highest BCUT2D eigenvalue weighted by Crippen LogP contribution is 2.32. The normalized spacial score (nSPS) is 14.3. The molecule has 0 saturated carbocycles. The van der Waals surface area contributed by atoms with Gasteiger partial charge in [-0.1, -0.05) is 0 Å². The standard InChI is InChI=1S/C21H21F3N2O4/c1-2-30-18-5-3-14(4-6-18)19(27)25-17-12-15(11-16(13-17)21(22,23)24)20(28)26-7-9-29-10-8-26/h3-6,11-13H,2,7-10H2,1H3,(H,25,27). The Hall–Kier alpha value is -3.07. The fraction of sp³-hybridized carbons (Fsp3) is 0.333. The van der Waals surface area contributed by atoms with E-state index in [1.807, 2.05) is 6.92 Å². The van der Waals surface area contributed by atoms with Crippen LogP contribution in [0.2, 0.25) is 0 Å². The molecule has 30 heavy (non-hydrogen) atoms. The molecule has 1 aliphatic rings. The summed E-state index contributed by atoms with van der Waals surface area (Å²) in [5.41, 5.74) is -1.02. The van der Waals surface area contributed by atoms with Gasteiger partial charge in [0.05, 0.1) is 25.4 Å². The van der Waals surface area contributed by atoms with Gasteiger partial charge in [0.25, 0.3) is 11.8 Å². The highest BCUT2D eigenvalue weighted by atomic mass is 19.4. The van der Waals surface area contributed by atoms with Gasteiger partial charge in [0.1, 0.15) is 5.75 Å². The van der Waals surface area contributed by atoms with E-state index in [1.54, 1.807) is 12.1 Å². The van der Waals surface area contributed by atoms with E-state index in [2.05, 4.69) is 5.32 Å². The van der Waals surface area contributed by atoms with E-state index < -0.39 is 23.6 Å². The SMILES string of the molecule is CCOc1ccc(C(=O)Nc2cc(C(=O)N3CCOCC3)cc(C(F)(F)F)c2)cc1. The first-order valence-corrected chi connectivity index (χ1v) is 9.41. The summed E-state index contributed by atoms with van der Waals surface area (Å²) in [5, 5.41) is 2.45. The molecule has 0 atom stereocenters. The van der Waals surface area contributed by atoms with Gasteiger partial charge >= 0.3 is 6.18 Å². The number of hydrogen-bond acceptors (Lipinski definition) is 4. The number of ether oxygens (including phenoxy) is 2. The smallest absolute Gasteiger partial charge is 0.416 e. The van der Waals surface area contributed by atoms with Crippen molar-refractivity contribution in [2.45, 2.75) is 13.1 Å². The van der Waals surface area contributed by atoms with Crippen LogP contribution in [-0.4, -0.2) is 49.6 Å². The Balaban J connectivity index is 1.85. The maximum atomic E-state index is 13.4. The molecular weight excluding hydrogens is 401 g/mol. The number of carbonyl (C=O) groups is 2. The Morgan fingerprint density at radius 2 is 1.73 bits per heavy atom. The van der Waals surface area contributed by atoms with E-state index in [1.165, 1.54) is 23.1 Å². The Morgan fingerprint density at radius 3 is 2.33 bits per heavy atom. The summed E-state index contributed by atoms with van der Waals surface area (Å²) in [7, 11) is 0. The minimum atomic E-state index is -4.67. The lowest BCUT2D eigenvalue weighted by molar-refractivity contribution is -0.137. The summed E-state index contributed by atoms with van der Waals surface area (Å²) in [4.78, 5) is 26.6. The van der Waals surface area contributed by atoms with Crippen molar-refractivity contribution in [1.29, 1.82) is 0 Å². The van der Waals surface area contributed by atoms with Crippen LogP contribution in [0.5, 0.6) is 5.75 Å². The number of benzene rings is 2. The molecular formula is C21H21F3N2O4. The molecule has 160 valence electrons. The van der Waals surface area contributed by atoms with Gasteiger partial charge in [-0.3, -0.25) is 9.59 Å². The van der Waals surface area contributed by atoms with Crippen LogP contribution in [0.15, 0.2) is 42.5 Å². The molecule has 1 heterocycles. The molecule has 6 nitrogen and oxygen atoms in total. The van der Waals surface area contributed by atoms with Crippen molar-refractivity contribution in [3.8, 4) is 5.75 Å². The zero-order chi connectivity index (χ0) is 21.7. The number of halogens is 3. The number of anilines is 1. The predicted octanol–water partition coefficient (Wildman–Crippen LogP) is 3.83. The molecule has 2 amide bonds. The summed E-state index contributed by atoms with van der Waals surface area (Å²) < 4.78 is 50.6. The van der Waals surface area contributed by atoms with Crippen molar-refractivity contribution in [1.82, 2.24) is 4.90 Å². The highest BCUT2D eigenvalue weighted by molar-refractivity contribution is 6.05. The molecule has 3 rings (SSSR count). The summed E-state index contributed by atoms with van der Waals surface area (Å²) in [6.07, 6.45) is -4.67. The summed E-state index contributed by atoms with van der Waals surface area (Å²) >= 11 is 0. The molecule has 0 aliphatic carbocycles. The van der Waals surface area contributed by atoms with Crippen LogP contribution in [0.1, 0.15) is 33.2 Å². The van der Waals surface area contributed by atoms with E-state index >= 15 is 0 Å². The molecule has 0 bridgehead atoms. The molecule has 1 fully saturated rings. The number of nitrogens with zero attached hydrogens (tertiary/aromatic N) is 1. The maximum absolute atomic E-state index is 13.4. The molecule has 0 unspecified atom stereocenters. The lowest BCUT2D eigenvalue weighted by Gasteiger charge is -2.27. The molecule has 1 N–H and O–H groups in total. The maximum Gasteiger partial charge on any atom is 0.416 e. The van der Waals surface area contributed by atoms with Crippen molar-refractivity contribution in [2.75, 3.05) is 38.2 Å².